The number of fused-ring (bicyclic) bond motifs is 1. The molecule has 1 heterocycles. The summed E-state index contributed by atoms with van der Waals surface area (Å²) in [4.78, 5) is 12.0. The van der Waals surface area contributed by atoms with Crippen molar-refractivity contribution < 1.29 is 18.7 Å². The first-order valence-corrected chi connectivity index (χ1v) is 7.99. The summed E-state index contributed by atoms with van der Waals surface area (Å²) < 4.78 is 18.6. The minimum Gasteiger partial charge on any atom is -0.459 e. The molecule has 0 aliphatic heterocycles. The molecule has 5 nitrogen and oxygen atoms in total. The molecule has 0 aliphatic carbocycles. The van der Waals surface area contributed by atoms with E-state index in [1.165, 1.54) is 24.3 Å². The van der Waals surface area contributed by atoms with Crippen LogP contribution in [0.25, 0.3) is 11.0 Å². The van der Waals surface area contributed by atoms with E-state index in [1.807, 2.05) is 37.3 Å². The zero-order valence-electron chi connectivity index (χ0n) is 13.7. The van der Waals surface area contributed by atoms with Gasteiger partial charge in [-0.1, -0.05) is 30.3 Å². The zero-order valence-corrected chi connectivity index (χ0v) is 13.7. The van der Waals surface area contributed by atoms with Gasteiger partial charge in [0.1, 0.15) is 17.2 Å². The average molecular weight is 342 g/mol. The highest BCUT2D eigenvalue weighted by atomic mass is 19.1. The van der Waals surface area contributed by atoms with Crippen molar-refractivity contribution in [2.75, 3.05) is 6.54 Å². The molecule has 25 heavy (non-hydrogen) atoms. The Balaban J connectivity index is 1.53. The molecular weight excluding hydrogens is 323 g/mol. The molecular formula is C19H19FN2O3. The molecule has 1 aromatic heterocycles. The summed E-state index contributed by atoms with van der Waals surface area (Å²) in [6.45, 7) is 1.83. The summed E-state index contributed by atoms with van der Waals surface area (Å²) in [6, 6.07) is 14.2. The molecule has 3 N–H and O–H groups in total. The number of furan rings is 1. The number of urea groups is 1. The largest absolute Gasteiger partial charge is 0.459 e. The van der Waals surface area contributed by atoms with Gasteiger partial charge in [0.15, 0.2) is 0 Å². The first-order valence-electron chi connectivity index (χ1n) is 7.99. The van der Waals surface area contributed by atoms with E-state index in [0.29, 0.717) is 11.3 Å². The third kappa shape index (κ3) is 4.16. The number of rotatable bonds is 5. The molecule has 0 saturated carbocycles. The van der Waals surface area contributed by atoms with Crippen LogP contribution in [0, 0.1) is 5.82 Å². The predicted molar refractivity (Wildman–Crippen MR) is 92.5 cm³/mol. The number of aliphatic hydroxyl groups is 1. The van der Waals surface area contributed by atoms with Crippen molar-refractivity contribution in [1.29, 1.82) is 0 Å². The SMILES string of the molecule is CC(NC(=O)NCC(O)c1ccc(F)cc1)c1cc2ccccc2o1. The Bertz CT molecular complexity index is 827. The van der Waals surface area contributed by atoms with Gasteiger partial charge in [0.25, 0.3) is 0 Å². The van der Waals surface area contributed by atoms with E-state index in [-0.39, 0.29) is 18.4 Å². The van der Waals surface area contributed by atoms with Crippen LogP contribution in [0.5, 0.6) is 0 Å². The van der Waals surface area contributed by atoms with Gasteiger partial charge in [0.2, 0.25) is 0 Å². The van der Waals surface area contributed by atoms with Gasteiger partial charge in [-0.3, -0.25) is 0 Å². The number of carbonyl (C=O) groups excluding carboxylic acids is 1. The average Bonchev–Trinajstić information content (AvgIpc) is 3.04. The zero-order chi connectivity index (χ0) is 17.8. The van der Waals surface area contributed by atoms with Crippen LogP contribution in [0.2, 0.25) is 0 Å². The molecule has 0 radical (unpaired) electrons. The lowest BCUT2D eigenvalue weighted by molar-refractivity contribution is 0.172. The molecule has 6 heteroatoms. The first kappa shape index (κ1) is 17.0. The van der Waals surface area contributed by atoms with E-state index in [4.69, 9.17) is 4.42 Å². The minimum atomic E-state index is -0.909. The van der Waals surface area contributed by atoms with Crippen LogP contribution in [-0.2, 0) is 0 Å². The van der Waals surface area contributed by atoms with Crippen LogP contribution in [0.4, 0.5) is 9.18 Å². The number of halogens is 1. The third-order valence-electron chi connectivity index (χ3n) is 3.93. The molecule has 2 unspecified atom stereocenters. The van der Waals surface area contributed by atoms with Crippen molar-refractivity contribution >= 4 is 17.0 Å². The van der Waals surface area contributed by atoms with Crippen LogP contribution < -0.4 is 10.6 Å². The second-order valence-electron chi connectivity index (χ2n) is 5.83. The van der Waals surface area contributed by atoms with Crippen molar-refractivity contribution in [3.63, 3.8) is 0 Å². The van der Waals surface area contributed by atoms with Gasteiger partial charge in [-0.2, -0.15) is 0 Å². The molecule has 2 atom stereocenters. The van der Waals surface area contributed by atoms with Gasteiger partial charge in [-0.15, -0.1) is 0 Å². The topological polar surface area (TPSA) is 74.5 Å². The summed E-state index contributed by atoms with van der Waals surface area (Å²) in [5, 5.41) is 16.3. The van der Waals surface area contributed by atoms with Crippen molar-refractivity contribution in [3.05, 3.63) is 71.7 Å². The second-order valence-corrected chi connectivity index (χ2v) is 5.83. The second kappa shape index (κ2) is 7.36. The number of hydrogen-bond donors (Lipinski definition) is 3. The molecule has 0 bridgehead atoms. The van der Waals surface area contributed by atoms with E-state index in [9.17, 15) is 14.3 Å². The molecule has 3 aromatic rings. The summed E-state index contributed by atoms with van der Waals surface area (Å²) in [7, 11) is 0. The Kier molecular flexibility index (Phi) is 5.00. The first-order chi connectivity index (χ1) is 12.0. The van der Waals surface area contributed by atoms with Crippen molar-refractivity contribution in [2.24, 2.45) is 0 Å². The Morgan fingerprint density at radius 2 is 1.92 bits per heavy atom. The molecule has 3 rings (SSSR count). The maximum Gasteiger partial charge on any atom is 0.315 e. The van der Waals surface area contributed by atoms with Gasteiger partial charge in [0.05, 0.1) is 12.1 Å². The van der Waals surface area contributed by atoms with Gasteiger partial charge in [-0.05, 0) is 36.8 Å². The molecule has 0 saturated heterocycles. The molecule has 2 amide bonds. The third-order valence-corrected chi connectivity index (χ3v) is 3.93. The van der Waals surface area contributed by atoms with Crippen LogP contribution in [0.3, 0.4) is 0 Å². The number of amides is 2. The molecule has 0 fully saturated rings. The maximum atomic E-state index is 12.9. The van der Waals surface area contributed by atoms with E-state index >= 15 is 0 Å². The van der Waals surface area contributed by atoms with Crippen LogP contribution in [0.15, 0.2) is 59.0 Å². The maximum absolute atomic E-state index is 12.9. The Morgan fingerprint density at radius 1 is 1.20 bits per heavy atom. The lowest BCUT2D eigenvalue weighted by Crippen LogP contribution is -2.39. The lowest BCUT2D eigenvalue weighted by atomic mass is 10.1. The Labute approximate surface area is 144 Å². The Morgan fingerprint density at radius 3 is 2.64 bits per heavy atom. The van der Waals surface area contributed by atoms with E-state index in [2.05, 4.69) is 10.6 Å². The van der Waals surface area contributed by atoms with Crippen LogP contribution in [-0.4, -0.2) is 17.7 Å². The molecule has 0 spiro atoms. The highest BCUT2D eigenvalue weighted by molar-refractivity contribution is 5.78. The van der Waals surface area contributed by atoms with Crippen molar-refractivity contribution in [2.45, 2.75) is 19.1 Å². The van der Waals surface area contributed by atoms with Crippen molar-refractivity contribution in [3.8, 4) is 0 Å². The fraction of sp³-hybridized carbons (Fsp3) is 0.211. The van der Waals surface area contributed by atoms with Crippen LogP contribution in [0.1, 0.15) is 30.4 Å². The van der Waals surface area contributed by atoms with E-state index in [0.717, 1.165) is 11.0 Å². The number of aliphatic hydroxyl groups excluding tert-OH is 1. The highest BCUT2D eigenvalue weighted by Gasteiger charge is 2.15. The number of hydrogen-bond acceptors (Lipinski definition) is 3. The lowest BCUT2D eigenvalue weighted by Gasteiger charge is -2.15. The smallest absolute Gasteiger partial charge is 0.315 e. The summed E-state index contributed by atoms with van der Waals surface area (Å²) >= 11 is 0. The van der Waals surface area contributed by atoms with Gasteiger partial charge < -0.3 is 20.2 Å². The van der Waals surface area contributed by atoms with Gasteiger partial charge >= 0.3 is 6.03 Å². The number of benzene rings is 2. The number of nitrogens with one attached hydrogen (secondary N) is 2. The standard InChI is InChI=1S/C19H19FN2O3/c1-12(18-10-14-4-2-3-5-17(14)25-18)22-19(24)21-11-16(23)13-6-8-15(20)9-7-13/h2-10,12,16,23H,11H2,1H3,(H2,21,22,24). The summed E-state index contributed by atoms with van der Waals surface area (Å²) in [5.74, 6) is 0.275. The molecule has 130 valence electrons. The van der Waals surface area contributed by atoms with E-state index in [1.54, 1.807) is 0 Å². The predicted octanol–water partition coefficient (Wildman–Crippen LogP) is 3.67. The van der Waals surface area contributed by atoms with Gasteiger partial charge in [-0.25, -0.2) is 9.18 Å². The number of para-hydroxylation sites is 1. The fourth-order valence-corrected chi connectivity index (χ4v) is 2.53. The van der Waals surface area contributed by atoms with Crippen LogP contribution >= 0.6 is 0 Å². The highest BCUT2D eigenvalue weighted by Crippen LogP contribution is 2.23. The van der Waals surface area contributed by atoms with Gasteiger partial charge in [0, 0.05) is 11.9 Å². The Hall–Kier alpha value is -2.86. The normalized spacial score (nSPS) is 13.4. The summed E-state index contributed by atoms with van der Waals surface area (Å²) in [5.41, 5.74) is 1.30. The monoisotopic (exact) mass is 342 g/mol. The molecule has 0 aliphatic rings. The fourth-order valence-electron chi connectivity index (χ4n) is 2.53. The van der Waals surface area contributed by atoms with E-state index < -0.39 is 12.1 Å². The molecule has 2 aromatic carbocycles. The minimum absolute atomic E-state index is 0.0182. The summed E-state index contributed by atoms with van der Waals surface area (Å²) in [6.07, 6.45) is -0.909. The quantitative estimate of drug-likeness (QED) is 0.662. The van der Waals surface area contributed by atoms with Crippen molar-refractivity contribution in [1.82, 2.24) is 10.6 Å². The number of carbonyl (C=O) groups is 1.